The average Bonchev–Trinajstić information content (AvgIpc) is 3.76. The Morgan fingerprint density at radius 3 is 2.24 bits per heavy atom. The minimum atomic E-state index is -4.59. The molecule has 1 atom stereocenters. The molecule has 0 aliphatic rings. The Labute approximate surface area is 310 Å². The molecule has 0 saturated carbocycles. The molecule has 2 aromatic heterocycles. The molecule has 0 saturated heterocycles. The van der Waals surface area contributed by atoms with Crippen LogP contribution in [0.25, 0.3) is 22.5 Å². The third-order valence-electron chi connectivity index (χ3n) is 8.49. The van der Waals surface area contributed by atoms with Gasteiger partial charge >= 0.3 is 18.8 Å². The Morgan fingerprint density at radius 1 is 1.02 bits per heavy atom. The van der Waals surface area contributed by atoms with Gasteiger partial charge in [-0.1, -0.05) is 43.6 Å². The Morgan fingerprint density at radius 2 is 1.69 bits per heavy atom. The molecule has 54 heavy (non-hydrogen) atoms. The van der Waals surface area contributed by atoms with Gasteiger partial charge in [0.1, 0.15) is 12.9 Å². The highest BCUT2D eigenvalue weighted by atomic mass is 35.5. The monoisotopic (exact) mass is 787 g/mol. The predicted molar refractivity (Wildman–Crippen MR) is 185 cm³/mol. The summed E-state index contributed by atoms with van der Waals surface area (Å²) < 4.78 is 102. The van der Waals surface area contributed by atoms with E-state index in [4.69, 9.17) is 22.1 Å². The van der Waals surface area contributed by atoms with E-state index in [2.05, 4.69) is 25.5 Å². The number of alkyl carbamates (subject to hydrolysis) is 1. The molecule has 2 heterocycles. The maximum atomic E-state index is 14.4. The van der Waals surface area contributed by atoms with Crippen molar-refractivity contribution in [1.82, 2.24) is 34.8 Å². The third kappa shape index (κ3) is 9.66. The fourth-order valence-electron chi connectivity index (χ4n) is 4.90. The van der Waals surface area contributed by atoms with E-state index in [0.29, 0.717) is 21.4 Å². The summed E-state index contributed by atoms with van der Waals surface area (Å²) in [5.41, 5.74) is 3.39. The van der Waals surface area contributed by atoms with Gasteiger partial charge < -0.3 is 15.8 Å². The molecule has 0 fully saturated rings. The van der Waals surface area contributed by atoms with Crippen LogP contribution < -0.4 is 11.1 Å². The van der Waals surface area contributed by atoms with E-state index in [1.165, 1.54) is 59.7 Å². The summed E-state index contributed by atoms with van der Waals surface area (Å²) >= 11 is 6.51. The van der Waals surface area contributed by atoms with E-state index >= 15 is 0 Å². The van der Waals surface area contributed by atoms with Crippen LogP contribution in [0.4, 0.5) is 35.5 Å². The predicted octanol–water partition coefficient (Wildman–Crippen LogP) is 7.64. The number of ether oxygens (including phenoxy) is 1. The Balaban J connectivity index is 1.82. The second kappa shape index (κ2) is 16.4. The van der Waals surface area contributed by atoms with Crippen molar-refractivity contribution in [1.29, 1.82) is 0 Å². The van der Waals surface area contributed by atoms with E-state index in [1.807, 2.05) is 0 Å². The Bertz CT molecular complexity index is 1960. The number of carbonyl (C=O) groups is 2. The van der Waals surface area contributed by atoms with Gasteiger partial charge in [0.05, 0.1) is 28.2 Å². The van der Waals surface area contributed by atoms with Gasteiger partial charge in [0.15, 0.2) is 11.8 Å². The average molecular weight is 788 g/mol. The van der Waals surface area contributed by atoms with Crippen LogP contribution in [0.1, 0.15) is 62.6 Å². The Hall–Kier alpha value is -5.20. The van der Waals surface area contributed by atoms with Crippen molar-refractivity contribution in [3.05, 3.63) is 77.3 Å². The number of carbonyl (C=O) groups excluding carboxylic acids is 2. The summed E-state index contributed by atoms with van der Waals surface area (Å²) in [6, 6.07) is 8.57. The quantitative estimate of drug-likeness (QED) is 0.0805. The van der Waals surface area contributed by atoms with Gasteiger partial charge in [0.25, 0.3) is 12.3 Å². The summed E-state index contributed by atoms with van der Waals surface area (Å²) in [6.07, 6.45) is -5.81. The van der Waals surface area contributed by atoms with Gasteiger partial charge in [0.2, 0.25) is 0 Å². The van der Waals surface area contributed by atoms with Crippen molar-refractivity contribution in [2.75, 3.05) is 13.2 Å². The normalized spacial score (nSPS) is 13.4. The highest BCUT2D eigenvalue weighted by Crippen LogP contribution is 2.40. The number of aliphatic imine (C=N–C) groups is 1. The molecule has 12 nitrogen and oxygen atoms in total. The first-order chi connectivity index (χ1) is 25.1. The van der Waals surface area contributed by atoms with Crippen LogP contribution in [0.3, 0.4) is 0 Å². The van der Waals surface area contributed by atoms with Gasteiger partial charge in [-0.05, 0) is 55.7 Å². The topological polar surface area (TPSA) is 146 Å². The molecule has 4 aromatic rings. The molecule has 4 rings (SSSR count). The third-order valence-corrected chi connectivity index (χ3v) is 8.82. The lowest BCUT2D eigenvalue weighted by atomic mass is 9.89. The summed E-state index contributed by atoms with van der Waals surface area (Å²) in [6.45, 7) is -0.0237. The van der Waals surface area contributed by atoms with E-state index < -0.39 is 73.7 Å². The van der Waals surface area contributed by atoms with Gasteiger partial charge in [-0.25, -0.2) is 27.9 Å². The number of aromatic nitrogens is 5. The summed E-state index contributed by atoms with van der Waals surface area (Å²) in [7, 11) is 1.59. The molecule has 292 valence electrons. The fourth-order valence-corrected chi connectivity index (χ4v) is 5.10. The van der Waals surface area contributed by atoms with Crippen LogP contribution in [-0.2, 0) is 11.8 Å². The van der Waals surface area contributed by atoms with Crippen LogP contribution in [-0.4, -0.2) is 78.7 Å². The number of guanidine groups is 1. The summed E-state index contributed by atoms with van der Waals surface area (Å²) in [4.78, 5) is 36.5. The van der Waals surface area contributed by atoms with Crippen LogP contribution >= 0.6 is 11.6 Å². The molecule has 0 unspecified atom stereocenters. The molecule has 2 aromatic carbocycles. The molecule has 0 aliphatic carbocycles. The number of nitrogens with one attached hydrogen (secondary N) is 1. The lowest BCUT2D eigenvalue weighted by molar-refractivity contribution is -0.212. The van der Waals surface area contributed by atoms with Crippen LogP contribution in [0.15, 0.2) is 66.2 Å². The minimum Gasteiger partial charge on any atom is -0.447 e. The second-order valence-electron chi connectivity index (χ2n) is 13.3. The first-order valence-electron chi connectivity index (χ1n) is 16.1. The van der Waals surface area contributed by atoms with Gasteiger partial charge in [0, 0.05) is 36.5 Å². The van der Waals surface area contributed by atoms with Gasteiger partial charge in [-0.15, -0.1) is 0 Å². The van der Waals surface area contributed by atoms with Gasteiger partial charge in [-0.2, -0.15) is 32.1 Å². The SMILES string of the molecule is Cn1ncnc1-c1cc([C@@H](COC(=O)NC(C)(C)C(F)F)N(C(=O)c2ccc(-c3cnn(C(F)F)c3)cc2)C(N)=NCCC(C)(C)C(F)(F)F)ccc1Cl. The van der Waals surface area contributed by atoms with E-state index in [1.54, 1.807) is 7.05 Å². The molecule has 0 spiro atoms. The molecule has 0 radical (unpaired) electrons. The Kier molecular flexibility index (Phi) is 12.7. The number of nitrogens with two attached hydrogens (primary N) is 1. The van der Waals surface area contributed by atoms with E-state index in [9.17, 15) is 40.3 Å². The lowest BCUT2D eigenvalue weighted by Crippen LogP contribution is -2.50. The summed E-state index contributed by atoms with van der Waals surface area (Å²) in [5, 5.41) is 9.90. The molecule has 2 amide bonds. The number of benzene rings is 2. The maximum Gasteiger partial charge on any atom is 0.407 e. The maximum absolute atomic E-state index is 14.4. The largest absolute Gasteiger partial charge is 0.447 e. The van der Waals surface area contributed by atoms with Crippen molar-refractivity contribution in [3.8, 4) is 22.5 Å². The van der Waals surface area contributed by atoms with Crippen LogP contribution in [0.2, 0.25) is 5.02 Å². The molecular formula is C34H37ClF7N9O3. The zero-order valence-corrected chi connectivity index (χ0v) is 30.3. The molecule has 20 heteroatoms. The molecule has 3 N–H and O–H groups in total. The number of hydrogen-bond donors (Lipinski definition) is 2. The van der Waals surface area contributed by atoms with Crippen molar-refractivity contribution in [2.45, 2.75) is 64.8 Å². The van der Waals surface area contributed by atoms with E-state index in [-0.39, 0.29) is 22.0 Å². The first-order valence-corrected chi connectivity index (χ1v) is 16.5. The molecule has 0 aliphatic heterocycles. The van der Waals surface area contributed by atoms with Crippen molar-refractivity contribution >= 4 is 29.6 Å². The number of alkyl halides is 7. The number of aryl methyl sites for hydroxylation is 1. The van der Waals surface area contributed by atoms with Gasteiger partial charge in [-0.3, -0.25) is 14.7 Å². The minimum absolute atomic E-state index is 0.0513. The fraction of sp³-hybridized carbons (Fsp3) is 0.412. The molecule has 0 bridgehead atoms. The zero-order valence-electron chi connectivity index (χ0n) is 29.6. The van der Waals surface area contributed by atoms with E-state index in [0.717, 1.165) is 38.8 Å². The number of rotatable bonds is 13. The number of hydrogen-bond acceptors (Lipinski definition) is 7. The van der Waals surface area contributed by atoms with Crippen molar-refractivity contribution in [3.63, 3.8) is 0 Å². The highest BCUT2D eigenvalue weighted by molar-refractivity contribution is 6.33. The van der Waals surface area contributed by atoms with Crippen LogP contribution in [0.5, 0.6) is 0 Å². The highest BCUT2D eigenvalue weighted by Gasteiger charge is 2.46. The first kappa shape index (κ1) is 41.6. The lowest BCUT2D eigenvalue weighted by Gasteiger charge is -2.32. The second-order valence-corrected chi connectivity index (χ2v) is 13.7. The molecular weight excluding hydrogens is 751 g/mol. The smallest absolute Gasteiger partial charge is 0.407 e. The van der Waals surface area contributed by atoms with Crippen LogP contribution in [0, 0.1) is 5.41 Å². The van der Waals surface area contributed by atoms with Crippen molar-refractivity contribution in [2.24, 2.45) is 23.2 Å². The summed E-state index contributed by atoms with van der Waals surface area (Å²) in [5.74, 6) is -1.16. The number of amides is 2. The van der Waals surface area contributed by atoms with Crippen molar-refractivity contribution < 1.29 is 45.1 Å². The number of nitrogens with zero attached hydrogens (tertiary/aromatic N) is 7. The number of halogens is 8. The standard InChI is InChI=1S/C34H37ClF7N9O3/c1-32(2,34(40,41)42)12-13-44-30(43)51(27(52)20-8-6-19(7-9-20)22-15-46-50(16-22)29(38)39)25(17-54-31(53)48-33(3,4)28(36)37)21-10-11-24(35)23(14-21)26-45-18-47-49(26)5/h6-11,14-16,18,25,28-29H,12-13,17H2,1-5H3,(H2,43,44)(H,48,53)/t25-/m1/s1. The zero-order chi connectivity index (χ0) is 40.2.